The third-order valence-corrected chi connectivity index (χ3v) is 1.06. The van der Waals surface area contributed by atoms with Gasteiger partial charge in [-0.1, -0.05) is 0 Å². The van der Waals surface area contributed by atoms with Crippen LogP contribution in [0, 0.1) is 0 Å². The van der Waals surface area contributed by atoms with Crippen LogP contribution in [0.1, 0.15) is 20.8 Å². The van der Waals surface area contributed by atoms with Crippen LogP contribution in [0.5, 0.6) is 0 Å². The van der Waals surface area contributed by atoms with Crippen LogP contribution < -0.4 is 0 Å². The Hall–Kier alpha value is -0.120. The second-order valence-corrected chi connectivity index (χ2v) is 2.02. The van der Waals surface area contributed by atoms with Crippen molar-refractivity contribution in [3.05, 3.63) is 0 Å². The summed E-state index contributed by atoms with van der Waals surface area (Å²) in [5, 5.41) is 9.02. The van der Waals surface area contributed by atoms with E-state index in [0.717, 1.165) is 0 Å². The lowest BCUT2D eigenvalue weighted by atomic mass is 10.4. The third kappa shape index (κ3) is 3.82. The van der Waals surface area contributed by atoms with E-state index in [1.165, 1.54) is 0 Å². The second kappa shape index (κ2) is 5.65. The standard InChI is InChI=1S/C7H16O3/c1-4-9-7(6(3)8)10-5-2/h6-8H,4-5H2,1-3H3/t6-/m1/s1. The normalized spacial score (nSPS) is 14.1. The molecule has 0 unspecified atom stereocenters. The molecule has 0 aliphatic heterocycles. The Labute approximate surface area is 62.0 Å². The molecule has 0 heterocycles. The Balaban J connectivity index is 3.50. The Kier molecular flexibility index (Phi) is 5.58. The van der Waals surface area contributed by atoms with Crippen molar-refractivity contribution in [3.8, 4) is 0 Å². The average molecular weight is 148 g/mol. The number of rotatable bonds is 5. The van der Waals surface area contributed by atoms with E-state index in [4.69, 9.17) is 14.6 Å². The van der Waals surface area contributed by atoms with E-state index in [-0.39, 0.29) is 0 Å². The number of ether oxygens (including phenoxy) is 2. The van der Waals surface area contributed by atoms with Gasteiger partial charge in [0, 0.05) is 13.2 Å². The molecule has 1 N–H and O–H groups in total. The smallest absolute Gasteiger partial charge is 0.183 e. The maximum atomic E-state index is 9.02. The van der Waals surface area contributed by atoms with Gasteiger partial charge in [0.1, 0.15) is 6.10 Å². The molecule has 0 radical (unpaired) electrons. The minimum atomic E-state index is -0.556. The van der Waals surface area contributed by atoms with E-state index in [1.54, 1.807) is 6.92 Å². The highest BCUT2D eigenvalue weighted by Crippen LogP contribution is 2.00. The van der Waals surface area contributed by atoms with Gasteiger partial charge in [0.2, 0.25) is 0 Å². The van der Waals surface area contributed by atoms with Crippen LogP contribution in [0.25, 0.3) is 0 Å². The van der Waals surface area contributed by atoms with Crippen LogP contribution in [-0.4, -0.2) is 30.7 Å². The van der Waals surface area contributed by atoms with E-state index < -0.39 is 12.4 Å². The molecule has 0 aromatic carbocycles. The van der Waals surface area contributed by atoms with Crippen LogP contribution in [0.2, 0.25) is 0 Å². The SMILES string of the molecule is CCOC(OCC)[C@@H](C)O. The van der Waals surface area contributed by atoms with E-state index in [9.17, 15) is 0 Å². The fourth-order valence-corrected chi connectivity index (χ4v) is 0.655. The molecule has 3 heteroatoms. The van der Waals surface area contributed by atoms with Crippen molar-refractivity contribution in [1.29, 1.82) is 0 Å². The predicted molar refractivity (Wildman–Crippen MR) is 38.7 cm³/mol. The molecule has 0 rings (SSSR count). The Morgan fingerprint density at radius 1 is 1.20 bits per heavy atom. The fraction of sp³-hybridized carbons (Fsp3) is 1.00. The van der Waals surface area contributed by atoms with Crippen LogP contribution in [0.4, 0.5) is 0 Å². The lowest BCUT2D eigenvalue weighted by Crippen LogP contribution is -2.29. The fourth-order valence-electron chi connectivity index (χ4n) is 0.655. The molecule has 0 bridgehead atoms. The molecule has 0 aliphatic rings. The van der Waals surface area contributed by atoms with Crippen molar-refractivity contribution in [2.75, 3.05) is 13.2 Å². The summed E-state index contributed by atoms with van der Waals surface area (Å²) >= 11 is 0. The zero-order valence-electron chi connectivity index (χ0n) is 6.83. The number of hydrogen-bond donors (Lipinski definition) is 1. The Morgan fingerprint density at radius 3 is 1.80 bits per heavy atom. The first-order valence-corrected chi connectivity index (χ1v) is 3.63. The summed E-state index contributed by atoms with van der Waals surface area (Å²) in [5.74, 6) is 0. The predicted octanol–water partition coefficient (Wildman–Crippen LogP) is 0.766. The molecular weight excluding hydrogens is 132 g/mol. The summed E-state index contributed by atoms with van der Waals surface area (Å²) in [5.41, 5.74) is 0. The van der Waals surface area contributed by atoms with Gasteiger partial charge in [0.25, 0.3) is 0 Å². The summed E-state index contributed by atoms with van der Waals surface area (Å²) < 4.78 is 10.1. The van der Waals surface area contributed by atoms with E-state index in [0.29, 0.717) is 13.2 Å². The van der Waals surface area contributed by atoms with Crippen molar-refractivity contribution in [3.63, 3.8) is 0 Å². The molecule has 10 heavy (non-hydrogen) atoms. The Morgan fingerprint density at radius 2 is 1.60 bits per heavy atom. The van der Waals surface area contributed by atoms with Gasteiger partial charge in [0.05, 0.1) is 0 Å². The van der Waals surface area contributed by atoms with E-state index in [1.807, 2.05) is 13.8 Å². The molecule has 0 saturated carbocycles. The van der Waals surface area contributed by atoms with E-state index in [2.05, 4.69) is 0 Å². The van der Waals surface area contributed by atoms with Crippen LogP contribution in [0.3, 0.4) is 0 Å². The van der Waals surface area contributed by atoms with Crippen LogP contribution in [-0.2, 0) is 9.47 Å². The minimum Gasteiger partial charge on any atom is -0.388 e. The lowest BCUT2D eigenvalue weighted by molar-refractivity contribution is -0.184. The van der Waals surface area contributed by atoms with Gasteiger partial charge in [-0.15, -0.1) is 0 Å². The topological polar surface area (TPSA) is 38.7 Å². The molecular formula is C7H16O3. The molecule has 62 valence electrons. The van der Waals surface area contributed by atoms with E-state index >= 15 is 0 Å². The van der Waals surface area contributed by atoms with Crippen LogP contribution >= 0.6 is 0 Å². The number of aliphatic hydroxyl groups excluding tert-OH is 1. The van der Waals surface area contributed by atoms with Gasteiger partial charge in [-0.05, 0) is 20.8 Å². The van der Waals surface area contributed by atoms with Gasteiger partial charge in [-0.2, -0.15) is 0 Å². The first-order chi connectivity index (χ1) is 4.72. The molecule has 0 fully saturated rings. The summed E-state index contributed by atoms with van der Waals surface area (Å²) in [6.45, 7) is 6.52. The average Bonchev–Trinajstić information content (AvgIpc) is 1.87. The highest BCUT2D eigenvalue weighted by atomic mass is 16.7. The van der Waals surface area contributed by atoms with Gasteiger partial charge in [-0.3, -0.25) is 0 Å². The zero-order chi connectivity index (χ0) is 7.98. The van der Waals surface area contributed by atoms with Crippen molar-refractivity contribution in [1.82, 2.24) is 0 Å². The molecule has 0 aromatic heterocycles. The van der Waals surface area contributed by atoms with Gasteiger partial charge >= 0.3 is 0 Å². The van der Waals surface area contributed by atoms with Crippen molar-refractivity contribution >= 4 is 0 Å². The molecule has 0 aliphatic carbocycles. The largest absolute Gasteiger partial charge is 0.388 e. The molecule has 0 spiro atoms. The maximum Gasteiger partial charge on any atom is 0.183 e. The number of hydrogen-bond acceptors (Lipinski definition) is 3. The third-order valence-electron chi connectivity index (χ3n) is 1.06. The Bertz CT molecular complexity index is 67.3. The summed E-state index contributed by atoms with van der Waals surface area (Å²) in [7, 11) is 0. The lowest BCUT2D eigenvalue weighted by Gasteiger charge is -2.18. The van der Waals surface area contributed by atoms with Gasteiger partial charge in [0.15, 0.2) is 6.29 Å². The minimum absolute atomic E-state index is 0.463. The highest BCUT2D eigenvalue weighted by molar-refractivity contribution is 4.50. The first kappa shape index (κ1) is 9.88. The first-order valence-electron chi connectivity index (χ1n) is 3.63. The maximum absolute atomic E-state index is 9.02. The number of aliphatic hydroxyl groups is 1. The summed E-state index contributed by atoms with van der Waals surface area (Å²) in [6, 6.07) is 0. The summed E-state index contributed by atoms with van der Waals surface area (Å²) in [4.78, 5) is 0. The van der Waals surface area contributed by atoms with Crippen molar-refractivity contribution < 1.29 is 14.6 Å². The summed E-state index contributed by atoms with van der Waals surface area (Å²) in [6.07, 6.45) is -1.02. The zero-order valence-corrected chi connectivity index (χ0v) is 6.83. The molecule has 1 atom stereocenters. The van der Waals surface area contributed by atoms with Crippen molar-refractivity contribution in [2.45, 2.75) is 33.2 Å². The molecule has 3 nitrogen and oxygen atoms in total. The molecule has 0 amide bonds. The molecule has 0 aromatic rings. The monoisotopic (exact) mass is 148 g/mol. The van der Waals surface area contributed by atoms with Gasteiger partial charge < -0.3 is 14.6 Å². The van der Waals surface area contributed by atoms with Gasteiger partial charge in [-0.25, -0.2) is 0 Å². The second-order valence-electron chi connectivity index (χ2n) is 2.02. The quantitative estimate of drug-likeness (QED) is 0.585. The molecule has 0 saturated heterocycles. The van der Waals surface area contributed by atoms with Crippen molar-refractivity contribution in [2.24, 2.45) is 0 Å². The van der Waals surface area contributed by atoms with Crippen LogP contribution in [0.15, 0.2) is 0 Å². The highest BCUT2D eigenvalue weighted by Gasteiger charge is 2.13.